The Morgan fingerprint density at radius 1 is 0.485 bits per heavy atom. The average Bonchev–Trinajstić information content (AvgIpc) is 2.79. The third-order valence-corrected chi connectivity index (χ3v) is 6.90. The SMILES string of the molecule is CCCCCCCCCCCC(O)CCC(O)CCCCCCCCCCCCCC(=O)O. The first-order valence-corrected chi connectivity index (χ1v) is 14.6. The predicted octanol–water partition coefficient (Wildman–Crippen LogP) is 8.57. The van der Waals surface area contributed by atoms with Gasteiger partial charge in [-0.1, -0.05) is 129 Å². The van der Waals surface area contributed by atoms with Crippen LogP contribution in [0.15, 0.2) is 0 Å². The molecule has 198 valence electrons. The summed E-state index contributed by atoms with van der Waals surface area (Å²) in [5.74, 6) is -0.676. The minimum atomic E-state index is -0.676. The first-order valence-electron chi connectivity index (χ1n) is 14.6. The summed E-state index contributed by atoms with van der Waals surface area (Å²) in [5.41, 5.74) is 0. The molecular weight excluding hydrogens is 412 g/mol. The number of rotatable bonds is 27. The highest BCUT2D eigenvalue weighted by Gasteiger charge is 2.09. The predicted molar refractivity (Wildman–Crippen MR) is 141 cm³/mol. The molecule has 0 saturated heterocycles. The number of carboxylic acid groups (broad SMARTS) is 1. The molecule has 33 heavy (non-hydrogen) atoms. The van der Waals surface area contributed by atoms with Crippen LogP contribution in [0.5, 0.6) is 0 Å². The van der Waals surface area contributed by atoms with Crippen molar-refractivity contribution in [1.29, 1.82) is 0 Å². The molecule has 2 unspecified atom stereocenters. The number of aliphatic hydroxyl groups is 2. The number of unbranched alkanes of at least 4 members (excludes halogenated alkanes) is 18. The normalized spacial score (nSPS) is 13.3. The van der Waals surface area contributed by atoms with Gasteiger partial charge in [-0.15, -0.1) is 0 Å². The van der Waals surface area contributed by atoms with Crippen LogP contribution in [0.4, 0.5) is 0 Å². The highest BCUT2D eigenvalue weighted by Crippen LogP contribution is 2.17. The van der Waals surface area contributed by atoms with Crippen molar-refractivity contribution in [3.8, 4) is 0 Å². The molecule has 0 bridgehead atoms. The van der Waals surface area contributed by atoms with Crippen molar-refractivity contribution in [2.45, 2.75) is 180 Å². The van der Waals surface area contributed by atoms with Crippen molar-refractivity contribution in [3.63, 3.8) is 0 Å². The van der Waals surface area contributed by atoms with Crippen molar-refractivity contribution in [1.82, 2.24) is 0 Å². The Balaban J connectivity index is 3.29. The molecule has 0 aromatic heterocycles. The first-order chi connectivity index (χ1) is 16.1. The monoisotopic (exact) mass is 470 g/mol. The Kier molecular flexibility index (Phi) is 25.5. The second-order valence-corrected chi connectivity index (χ2v) is 10.3. The first kappa shape index (κ1) is 32.4. The smallest absolute Gasteiger partial charge is 0.303 e. The Labute approximate surface area is 206 Å². The molecule has 0 spiro atoms. The van der Waals surface area contributed by atoms with Gasteiger partial charge < -0.3 is 15.3 Å². The summed E-state index contributed by atoms with van der Waals surface area (Å²) in [5, 5.41) is 28.9. The molecule has 0 aliphatic carbocycles. The van der Waals surface area contributed by atoms with Gasteiger partial charge in [-0.25, -0.2) is 0 Å². The van der Waals surface area contributed by atoms with Gasteiger partial charge in [0.2, 0.25) is 0 Å². The van der Waals surface area contributed by atoms with Crippen LogP contribution in [-0.2, 0) is 4.79 Å². The fraction of sp³-hybridized carbons (Fsp3) is 0.966. The Hall–Kier alpha value is -0.610. The molecule has 3 N–H and O–H groups in total. The van der Waals surface area contributed by atoms with Gasteiger partial charge in [0.05, 0.1) is 12.2 Å². The summed E-state index contributed by atoms with van der Waals surface area (Å²) < 4.78 is 0. The summed E-state index contributed by atoms with van der Waals surface area (Å²) in [7, 11) is 0. The van der Waals surface area contributed by atoms with Gasteiger partial charge in [0, 0.05) is 6.42 Å². The van der Waals surface area contributed by atoms with Crippen LogP contribution >= 0.6 is 0 Å². The number of carbonyl (C=O) groups is 1. The molecule has 0 heterocycles. The molecule has 0 amide bonds. The Morgan fingerprint density at radius 3 is 1.12 bits per heavy atom. The van der Waals surface area contributed by atoms with E-state index in [-0.39, 0.29) is 12.2 Å². The molecule has 0 aromatic carbocycles. The van der Waals surface area contributed by atoms with Crippen LogP contribution < -0.4 is 0 Å². The maximum Gasteiger partial charge on any atom is 0.303 e. The highest BCUT2D eigenvalue weighted by molar-refractivity contribution is 5.66. The van der Waals surface area contributed by atoms with Gasteiger partial charge in [-0.05, 0) is 32.1 Å². The summed E-state index contributed by atoms with van der Waals surface area (Å²) in [4.78, 5) is 10.4. The van der Waals surface area contributed by atoms with E-state index in [0.717, 1.165) is 51.4 Å². The topological polar surface area (TPSA) is 77.8 Å². The number of hydrogen-bond acceptors (Lipinski definition) is 3. The van der Waals surface area contributed by atoms with E-state index in [1.807, 2.05) is 0 Å². The van der Waals surface area contributed by atoms with Gasteiger partial charge >= 0.3 is 5.97 Å². The van der Waals surface area contributed by atoms with E-state index in [4.69, 9.17) is 5.11 Å². The zero-order chi connectivity index (χ0) is 24.4. The molecule has 4 nitrogen and oxygen atoms in total. The van der Waals surface area contributed by atoms with Gasteiger partial charge in [0.25, 0.3) is 0 Å². The van der Waals surface area contributed by atoms with E-state index in [1.165, 1.54) is 103 Å². The molecule has 0 fully saturated rings. The summed E-state index contributed by atoms with van der Waals surface area (Å²) >= 11 is 0. The van der Waals surface area contributed by atoms with Crippen LogP contribution in [0.25, 0.3) is 0 Å². The number of aliphatic carboxylic acids is 1. The lowest BCUT2D eigenvalue weighted by Crippen LogP contribution is -2.13. The minimum absolute atomic E-state index is 0.235. The lowest BCUT2D eigenvalue weighted by Gasteiger charge is -2.14. The minimum Gasteiger partial charge on any atom is -0.481 e. The standard InChI is InChI=1S/C29H58O4/c1-2-3-4-5-6-10-13-16-19-22-27(30)25-26-28(31)23-20-17-14-11-8-7-9-12-15-18-21-24-29(32)33/h27-28,30-31H,2-26H2,1H3,(H,32,33). The van der Waals surface area contributed by atoms with E-state index >= 15 is 0 Å². The van der Waals surface area contributed by atoms with Crippen molar-refractivity contribution in [2.75, 3.05) is 0 Å². The molecule has 0 rings (SSSR count). The highest BCUT2D eigenvalue weighted by atomic mass is 16.4. The maximum absolute atomic E-state index is 10.4. The number of aliphatic hydroxyl groups excluding tert-OH is 2. The van der Waals surface area contributed by atoms with Crippen molar-refractivity contribution in [2.24, 2.45) is 0 Å². The number of hydrogen-bond donors (Lipinski definition) is 3. The molecule has 0 aromatic rings. The third kappa shape index (κ3) is 27.5. The quantitative estimate of drug-likeness (QED) is 0.105. The summed E-state index contributed by atoms with van der Waals surface area (Å²) in [6.07, 6.45) is 27.9. The van der Waals surface area contributed by atoms with Crippen LogP contribution in [0.1, 0.15) is 167 Å². The average molecular weight is 471 g/mol. The lowest BCUT2D eigenvalue weighted by molar-refractivity contribution is -0.137. The van der Waals surface area contributed by atoms with Crippen LogP contribution in [0, 0.1) is 0 Å². The van der Waals surface area contributed by atoms with Gasteiger partial charge in [0.1, 0.15) is 0 Å². The van der Waals surface area contributed by atoms with Gasteiger partial charge in [-0.2, -0.15) is 0 Å². The third-order valence-electron chi connectivity index (χ3n) is 6.90. The zero-order valence-electron chi connectivity index (χ0n) is 22.1. The zero-order valence-corrected chi connectivity index (χ0v) is 22.1. The van der Waals surface area contributed by atoms with Crippen LogP contribution in [0.2, 0.25) is 0 Å². The molecule has 4 heteroatoms. The molecular formula is C29H58O4. The Bertz CT molecular complexity index is 399. The Morgan fingerprint density at radius 2 is 0.788 bits per heavy atom. The van der Waals surface area contributed by atoms with Crippen molar-refractivity contribution in [3.05, 3.63) is 0 Å². The fourth-order valence-corrected chi connectivity index (χ4v) is 4.61. The second-order valence-electron chi connectivity index (χ2n) is 10.3. The summed E-state index contributed by atoms with van der Waals surface area (Å²) in [6, 6.07) is 0. The van der Waals surface area contributed by atoms with Gasteiger partial charge in [-0.3, -0.25) is 4.79 Å². The van der Waals surface area contributed by atoms with Crippen LogP contribution in [-0.4, -0.2) is 33.5 Å². The molecule has 0 aliphatic rings. The maximum atomic E-state index is 10.4. The van der Waals surface area contributed by atoms with E-state index in [9.17, 15) is 15.0 Å². The van der Waals surface area contributed by atoms with E-state index in [0.29, 0.717) is 6.42 Å². The second kappa shape index (κ2) is 26.0. The van der Waals surface area contributed by atoms with Crippen molar-refractivity contribution >= 4 is 5.97 Å². The van der Waals surface area contributed by atoms with Gasteiger partial charge in [0.15, 0.2) is 0 Å². The molecule has 2 atom stereocenters. The largest absolute Gasteiger partial charge is 0.481 e. The number of carboxylic acids is 1. The molecule has 0 saturated carbocycles. The summed E-state index contributed by atoms with van der Waals surface area (Å²) in [6.45, 7) is 2.26. The molecule has 0 aliphatic heterocycles. The van der Waals surface area contributed by atoms with Crippen LogP contribution in [0.3, 0.4) is 0 Å². The van der Waals surface area contributed by atoms with E-state index < -0.39 is 5.97 Å². The van der Waals surface area contributed by atoms with Crippen molar-refractivity contribution < 1.29 is 20.1 Å². The fourth-order valence-electron chi connectivity index (χ4n) is 4.61. The van der Waals surface area contributed by atoms with E-state index in [2.05, 4.69) is 6.92 Å². The molecule has 0 radical (unpaired) electrons. The van der Waals surface area contributed by atoms with E-state index in [1.54, 1.807) is 0 Å². The lowest BCUT2D eigenvalue weighted by atomic mass is 9.99.